The minimum absolute atomic E-state index is 0.143. The Labute approximate surface area is 219 Å². The maximum absolute atomic E-state index is 12.4. The summed E-state index contributed by atoms with van der Waals surface area (Å²) in [6.07, 6.45) is 3.41. The zero-order chi connectivity index (χ0) is 25.6. The molecule has 0 radical (unpaired) electrons. The number of aliphatic carboxylic acids is 1. The Morgan fingerprint density at radius 3 is 2.19 bits per heavy atom. The minimum atomic E-state index is -1.03. The van der Waals surface area contributed by atoms with E-state index in [0.717, 1.165) is 64.2 Å². The van der Waals surface area contributed by atoms with E-state index in [0.29, 0.717) is 5.16 Å². The molecule has 5 aromatic rings. The van der Waals surface area contributed by atoms with E-state index in [9.17, 15) is 9.90 Å². The summed E-state index contributed by atoms with van der Waals surface area (Å²) in [6.45, 7) is 2.06. The molecule has 6 nitrogen and oxygen atoms in total. The van der Waals surface area contributed by atoms with Crippen LogP contribution in [-0.2, 0) is 11.2 Å². The smallest absolute Gasteiger partial charge is 0.342 e. The highest BCUT2D eigenvalue weighted by molar-refractivity contribution is 8.04. The van der Waals surface area contributed by atoms with E-state index in [2.05, 4.69) is 57.0 Å². The number of aromatic amines is 1. The maximum Gasteiger partial charge on any atom is 0.342 e. The second-order valence-corrected chi connectivity index (χ2v) is 9.48. The number of H-pyrrole nitrogens is 1. The highest BCUT2D eigenvalue weighted by Gasteiger charge is 2.21. The number of carboxylic acids is 1. The van der Waals surface area contributed by atoms with Crippen LogP contribution in [-0.4, -0.2) is 30.8 Å². The van der Waals surface area contributed by atoms with Crippen molar-refractivity contribution in [2.75, 3.05) is 0 Å². The summed E-state index contributed by atoms with van der Waals surface area (Å²) < 4.78 is 2.19. The standard InChI is InChI=1S/C30H26N4O2S/c1-2-12-27-31-30(33-32-27)37-26(29(35)36)20-23-19-25(21-13-6-3-7-14-21)34(24-17-10-5-11-18-24)28(23)22-15-8-4-9-16-22/h3-11,13-20H,2,12H2,1H3,(H,35,36)(H,31,32,33)/b26-20-. The first kappa shape index (κ1) is 24.3. The minimum Gasteiger partial charge on any atom is -0.477 e. The van der Waals surface area contributed by atoms with Crippen LogP contribution in [0.3, 0.4) is 0 Å². The molecule has 0 aliphatic heterocycles. The Morgan fingerprint density at radius 2 is 1.57 bits per heavy atom. The molecule has 184 valence electrons. The van der Waals surface area contributed by atoms with E-state index in [1.807, 2.05) is 66.7 Å². The van der Waals surface area contributed by atoms with E-state index >= 15 is 0 Å². The second-order valence-electron chi connectivity index (χ2n) is 8.47. The molecule has 7 heteroatoms. The molecular formula is C30H26N4O2S. The number of aryl methyl sites for hydroxylation is 1. The lowest BCUT2D eigenvalue weighted by atomic mass is 10.1. The van der Waals surface area contributed by atoms with Crippen molar-refractivity contribution in [3.05, 3.63) is 113 Å². The van der Waals surface area contributed by atoms with Crippen molar-refractivity contribution >= 4 is 23.8 Å². The molecule has 0 amide bonds. The number of carboxylic acid groups (broad SMARTS) is 1. The molecule has 37 heavy (non-hydrogen) atoms. The Kier molecular flexibility index (Phi) is 7.33. The van der Waals surface area contributed by atoms with Crippen LogP contribution >= 0.6 is 11.8 Å². The molecular weight excluding hydrogens is 480 g/mol. The molecule has 0 unspecified atom stereocenters. The monoisotopic (exact) mass is 506 g/mol. The summed E-state index contributed by atoms with van der Waals surface area (Å²) in [7, 11) is 0. The molecule has 2 aromatic heterocycles. The predicted octanol–water partition coefficient (Wildman–Crippen LogP) is 7.10. The summed E-state index contributed by atoms with van der Waals surface area (Å²) in [5, 5.41) is 17.6. The summed E-state index contributed by atoms with van der Waals surface area (Å²) in [4.78, 5) is 17.0. The van der Waals surface area contributed by atoms with Crippen LogP contribution in [0.25, 0.3) is 34.3 Å². The third-order valence-electron chi connectivity index (χ3n) is 5.86. The zero-order valence-electron chi connectivity index (χ0n) is 20.3. The average molecular weight is 507 g/mol. The number of aromatic nitrogens is 4. The predicted molar refractivity (Wildman–Crippen MR) is 148 cm³/mol. The van der Waals surface area contributed by atoms with Gasteiger partial charge in [0.1, 0.15) is 10.7 Å². The van der Waals surface area contributed by atoms with Crippen LogP contribution in [0.4, 0.5) is 0 Å². The second kappa shape index (κ2) is 11.1. The third-order valence-corrected chi connectivity index (χ3v) is 6.74. The van der Waals surface area contributed by atoms with Gasteiger partial charge in [-0.25, -0.2) is 9.78 Å². The van der Waals surface area contributed by atoms with Gasteiger partial charge in [-0.3, -0.25) is 5.10 Å². The number of hydrogen-bond donors (Lipinski definition) is 2. The van der Waals surface area contributed by atoms with Gasteiger partial charge in [0.25, 0.3) is 0 Å². The van der Waals surface area contributed by atoms with Crippen molar-refractivity contribution in [1.29, 1.82) is 0 Å². The number of carbonyl (C=O) groups is 1. The van der Waals surface area contributed by atoms with Gasteiger partial charge < -0.3 is 9.67 Å². The van der Waals surface area contributed by atoms with Crippen LogP contribution in [0.2, 0.25) is 0 Å². The molecule has 3 aromatic carbocycles. The molecule has 0 aliphatic carbocycles. The van der Waals surface area contributed by atoms with Gasteiger partial charge in [0.15, 0.2) is 0 Å². The Balaban J connectivity index is 1.72. The van der Waals surface area contributed by atoms with Gasteiger partial charge >= 0.3 is 5.97 Å². The van der Waals surface area contributed by atoms with Gasteiger partial charge in [0.2, 0.25) is 5.16 Å². The fourth-order valence-electron chi connectivity index (χ4n) is 4.24. The topological polar surface area (TPSA) is 83.8 Å². The highest BCUT2D eigenvalue weighted by Crippen LogP contribution is 2.38. The molecule has 0 saturated heterocycles. The quantitative estimate of drug-likeness (QED) is 0.165. The molecule has 2 N–H and O–H groups in total. The lowest BCUT2D eigenvalue weighted by Crippen LogP contribution is -2.00. The maximum atomic E-state index is 12.4. The Hall–Kier alpha value is -4.36. The van der Waals surface area contributed by atoms with Crippen molar-refractivity contribution in [2.45, 2.75) is 24.9 Å². The van der Waals surface area contributed by atoms with Crippen molar-refractivity contribution in [3.8, 4) is 28.2 Å². The molecule has 0 aliphatic rings. The SMILES string of the molecule is CCCc1nc(S/C(=C\c2cc(-c3ccccc3)n(-c3ccccc3)c2-c2ccccc2)C(=O)O)n[nH]1. The molecule has 2 heterocycles. The van der Waals surface area contributed by atoms with Crippen molar-refractivity contribution < 1.29 is 9.90 Å². The number of nitrogens with one attached hydrogen (secondary N) is 1. The molecule has 0 spiro atoms. The first-order valence-corrected chi connectivity index (χ1v) is 12.9. The van der Waals surface area contributed by atoms with Gasteiger partial charge in [0, 0.05) is 17.7 Å². The summed E-state index contributed by atoms with van der Waals surface area (Å²) in [5.74, 6) is -0.277. The van der Waals surface area contributed by atoms with Crippen LogP contribution in [0.5, 0.6) is 0 Å². The normalized spacial score (nSPS) is 11.5. The molecule has 5 rings (SSSR count). The number of para-hydroxylation sites is 1. The number of hydrogen-bond acceptors (Lipinski definition) is 4. The van der Waals surface area contributed by atoms with Gasteiger partial charge in [0.05, 0.1) is 11.4 Å². The average Bonchev–Trinajstić information content (AvgIpc) is 3.54. The number of benzene rings is 3. The van der Waals surface area contributed by atoms with Gasteiger partial charge in [-0.2, -0.15) is 0 Å². The van der Waals surface area contributed by atoms with Crippen molar-refractivity contribution in [2.24, 2.45) is 0 Å². The summed E-state index contributed by atoms with van der Waals surface area (Å²) in [6, 6.07) is 32.3. The number of nitrogens with zero attached hydrogens (tertiary/aromatic N) is 3. The fraction of sp³-hybridized carbons (Fsp3) is 0.100. The van der Waals surface area contributed by atoms with Crippen LogP contribution < -0.4 is 0 Å². The Bertz CT molecular complexity index is 1520. The van der Waals surface area contributed by atoms with Crippen molar-refractivity contribution in [3.63, 3.8) is 0 Å². The number of thioether (sulfide) groups is 1. The summed E-state index contributed by atoms with van der Waals surface area (Å²) >= 11 is 1.05. The van der Waals surface area contributed by atoms with Crippen LogP contribution in [0.15, 0.2) is 107 Å². The first-order valence-electron chi connectivity index (χ1n) is 12.1. The van der Waals surface area contributed by atoms with E-state index in [1.54, 1.807) is 6.08 Å². The highest BCUT2D eigenvalue weighted by atomic mass is 32.2. The lowest BCUT2D eigenvalue weighted by Gasteiger charge is -2.15. The molecule has 0 bridgehead atoms. The summed E-state index contributed by atoms with van der Waals surface area (Å²) in [5.41, 5.74) is 5.68. The molecule has 0 saturated carbocycles. The first-order chi connectivity index (χ1) is 18.1. The van der Waals surface area contributed by atoms with E-state index in [1.165, 1.54) is 0 Å². The van der Waals surface area contributed by atoms with Crippen molar-refractivity contribution in [1.82, 2.24) is 19.7 Å². The van der Waals surface area contributed by atoms with Crippen LogP contribution in [0, 0.1) is 0 Å². The van der Waals surface area contributed by atoms with E-state index in [-0.39, 0.29) is 4.91 Å². The van der Waals surface area contributed by atoms with Gasteiger partial charge in [-0.05, 0) is 53.6 Å². The van der Waals surface area contributed by atoms with E-state index < -0.39 is 5.97 Å². The largest absolute Gasteiger partial charge is 0.477 e. The van der Waals surface area contributed by atoms with Crippen LogP contribution in [0.1, 0.15) is 24.7 Å². The third kappa shape index (κ3) is 5.42. The zero-order valence-corrected chi connectivity index (χ0v) is 21.2. The fourth-order valence-corrected chi connectivity index (χ4v) is 4.96. The molecule has 0 atom stereocenters. The number of rotatable bonds is 9. The van der Waals surface area contributed by atoms with E-state index in [4.69, 9.17) is 0 Å². The Morgan fingerprint density at radius 1 is 0.946 bits per heavy atom. The van der Waals surface area contributed by atoms with Gasteiger partial charge in [-0.15, -0.1) is 5.10 Å². The van der Waals surface area contributed by atoms with Gasteiger partial charge in [-0.1, -0.05) is 85.8 Å². The molecule has 0 fully saturated rings. The lowest BCUT2D eigenvalue weighted by molar-refractivity contribution is -0.131.